The molecule has 1 N–H and O–H groups in total. The van der Waals surface area contributed by atoms with Gasteiger partial charge in [0, 0.05) is 24.0 Å². The quantitative estimate of drug-likeness (QED) is 0.940. The van der Waals surface area contributed by atoms with Gasteiger partial charge >= 0.3 is 0 Å². The normalized spacial score (nSPS) is 17.6. The average molecular weight is 320 g/mol. The minimum absolute atomic E-state index is 0.0696. The van der Waals surface area contributed by atoms with Crippen LogP contribution in [0.25, 0.3) is 0 Å². The van der Waals surface area contributed by atoms with E-state index >= 15 is 0 Å². The number of aliphatic hydroxyl groups is 1. The van der Waals surface area contributed by atoms with Gasteiger partial charge in [0.15, 0.2) is 0 Å². The zero-order valence-corrected chi connectivity index (χ0v) is 13.4. The van der Waals surface area contributed by atoms with E-state index in [-0.39, 0.29) is 18.2 Å². The van der Waals surface area contributed by atoms with Gasteiger partial charge < -0.3 is 14.5 Å². The number of thiophene rings is 1. The number of aryl methyl sites for hydroxylation is 1. The molecule has 0 spiro atoms. The Hall–Kier alpha value is -1.66. The summed E-state index contributed by atoms with van der Waals surface area (Å²) in [6.07, 6.45) is 1.52. The molecule has 0 aliphatic carbocycles. The van der Waals surface area contributed by atoms with Crippen molar-refractivity contribution in [1.82, 2.24) is 10.1 Å². The summed E-state index contributed by atoms with van der Waals surface area (Å²) < 4.78 is 5.10. The molecule has 0 saturated carbocycles. The first-order chi connectivity index (χ1) is 10.6. The number of amides is 1. The molecule has 22 heavy (non-hydrogen) atoms. The Morgan fingerprint density at radius 3 is 2.91 bits per heavy atom. The summed E-state index contributed by atoms with van der Waals surface area (Å²) in [5.74, 6) is 0.915. The molecule has 1 atom stereocenters. The number of carbonyl (C=O) groups excluding carboxylic acids is 1. The Labute approximate surface area is 133 Å². The van der Waals surface area contributed by atoms with Gasteiger partial charge in [0.25, 0.3) is 0 Å². The summed E-state index contributed by atoms with van der Waals surface area (Å²) in [7, 11) is 0. The predicted molar refractivity (Wildman–Crippen MR) is 83.5 cm³/mol. The van der Waals surface area contributed by atoms with Crippen molar-refractivity contribution in [2.24, 2.45) is 5.92 Å². The van der Waals surface area contributed by atoms with Crippen LogP contribution in [0.2, 0.25) is 0 Å². The number of carbonyl (C=O) groups is 1. The van der Waals surface area contributed by atoms with E-state index in [1.54, 1.807) is 17.4 Å². The van der Waals surface area contributed by atoms with Crippen LogP contribution in [0.5, 0.6) is 0 Å². The van der Waals surface area contributed by atoms with Crippen molar-refractivity contribution in [3.8, 4) is 0 Å². The fourth-order valence-corrected chi connectivity index (χ4v) is 3.72. The Morgan fingerprint density at radius 2 is 2.32 bits per heavy atom. The van der Waals surface area contributed by atoms with Crippen LogP contribution in [0.1, 0.15) is 35.3 Å². The van der Waals surface area contributed by atoms with Gasteiger partial charge in [-0.15, -0.1) is 11.3 Å². The van der Waals surface area contributed by atoms with Crippen molar-refractivity contribution in [3.05, 3.63) is 39.9 Å². The maximum absolute atomic E-state index is 12.3. The summed E-state index contributed by atoms with van der Waals surface area (Å²) in [4.78, 5) is 15.1. The molecule has 6 heteroatoms. The van der Waals surface area contributed by atoms with Gasteiger partial charge in [0.2, 0.25) is 5.91 Å². The first-order valence-corrected chi connectivity index (χ1v) is 8.43. The fraction of sp³-hybridized carbons (Fsp3) is 0.500. The average Bonchev–Trinajstić information content (AvgIpc) is 3.18. The molecule has 5 nitrogen and oxygen atoms in total. The lowest BCUT2D eigenvalue weighted by Crippen LogP contribution is -2.40. The monoisotopic (exact) mass is 320 g/mol. The number of aliphatic hydroxyl groups excluding tert-OH is 1. The van der Waals surface area contributed by atoms with Gasteiger partial charge in [-0.05, 0) is 37.1 Å². The van der Waals surface area contributed by atoms with Crippen molar-refractivity contribution >= 4 is 17.2 Å². The van der Waals surface area contributed by atoms with Crippen molar-refractivity contribution in [2.45, 2.75) is 32.3 Å². The van der Waals surface area contributed by atoms with Crippen LogP contribution in [-0.2, 0) is 11.2 Å². The number of aromatic nitrogens is 1. The predicted octanol–water partition coefficient (Wildman–Crippen LogP) is 2.56. The zero-order valence-electron chi connectivity index (χ0n) is 12.6. The van der Waals surface area contributed by atoms with Crippen LogP contribution >= 0.6 is 11.3 Å². The van der Waals surface area contributed by atoms with Gasteiger partial charge in [-0.1, -0.05) is 11.2 Å². The number of hydrogen-bond donors (Lipinski definition) is 1. The fourth-order valence-electron chi connectivity index (χ4n) is 2.92. The molecule has 1 saturated heterocycles. The van der Waals surface area contributed by atoms with Gasteiger partial charge in [-0.25, -0.2) is 0 Å². The first-order valence-electron chi connectivity index (χ1n) is 7.55. The molecule has 0 aromatic carbocycles. The van der Waals surface area contributed by atoms with Crippen molar-refractivity contribution in [2.75, 3.05) is 13.1 Å². The standard InChI is InChI=1S/C16H20N2O3S/c1-11-9-13(21-17-11)10-15(19)18-6-4-12(5-7-18)16(20)14-3-2-8-22-14/h2-3,8-9,12,16,20H,4-7,10H2,1H3. The topological polar surface area (TPSA) is 66.6 Å². The summed E-state index contributed by atoms with van der Waals surface area (Å²) in [6, 6.07) is 5.73. The molecule has 3 rings (SSSR count). The highest BCUT2D eigenvalue weighted by Crippen LogP contribution is 2.33. The van der Waals surface area contributed by atoms with E-state index in [4.69, 9.17) is 4.52 Å². The van der Waals surface area contributed by atoms with Crippen LogP contribution in [0, 0.1) is 12.8 Å². The van der Waals surface area contributed by atoms with Crippen molar-refractivity contribution in [1.29, 1.82) is 0 Å². The minimum atomic E-state index is -0.408. The van der Waals surface area contributed by atoms with Gasteiger partial charge in [-0.3, -0.25) is 4.79 Å². The zero-order chi connectivity index (χ0) is 15.5. The molecular weight excluding hydrogens is 300 g/mol. The molecule has 1 amide bonds. The molecule has 1 fully saturated rings. The number of hydrogen-bond acceptors (Lipinski definition) is 5. The highest BCUT2D eigenvalue weighted by atomic mass is 32.1. The largest absolute Gasteiger partial charge is 0.387 e. The van der Waals surface area contributed by atoms with E-state index in [0.29, 0.717) is 18.8 Å². The summed E-state index contributed by atoms with van der Waals surface area (Å²) >= 11 is 1.59. The van der Waals surface area contributed by atoms with Crippen LogP contribution in [0.3, 0.4) is 0 Å². The molecule has 0 radical (unpaired) electrons. The lowest BCUT2D eigenvalue weighted by molar-refractivity contribution is -0.132. The van der Waals surface area contributed by atoms with E-state index in [0.717, 1.165) is 23.4 Å². The summed E-state index contributed by atoms with van der Waals surface area (Å²) in [5, 5.41) is 16.2. The molecule has 1 aliphatic rings. The highest BCUT2D eigenvalue weighted by molar-refractivity contribution is 7.10. The van der Waals surface area contributed by atoms with E-state index in [2.05, 4.69) is 5.16 Å². The van der Waals surface area contributed by atoms with Crippen LogP contribution in [0.15, 0.2) is 28.1 Å². The Bertz CT molecular complexity index is 615. The third-order valence-corrected chi connectivity index (χ3v) is 5.12. The molecule has 1 aliphatic heterocycles. The van der Waals surface area contributed by atoms with E-state index in [9.17, 15) is 9.90 Å². The van der Waals surface area contributed by atoms with Gasteiger partial charge in [0.1, 0.15) is 5.76 Å². The third-order valence-electron chi connectivity index (χ3n) is 4.18. The lowest BCUT2D eigenvalue weighted by atomic mass is 9.90. The second-order valence-electron chi connectivity index (χ2n) is 5.79. The molecule has 0 bridgehead atoms. The summed E-state index contributed by atoms with van der Waals surface area (Å²) in [6.45, 7) is 3.23. The summed E-state index contributed by atoms with van der Waals surface area (Å²) in [5.41, 5.74) is 0.792. The van der Waals surface area contributed by atoms with Crippen LogP contribution in [0.4, 0.5) is 0 Å². The van der Waals surface area contributed by atoms with Crippen LogP contribution in [-0.4, -0.2) is 34.2 Å². The molecule has 2 aromatic rings. The van der Waals surface area contributed by atoms with E-state index in [1.807, 2.05) is 29.3 Å². The van der Waals surface area contributed by atoms with Crippen LogP contribution < -0.4 is 0 Å². The number of rotatable bonds is 4. The first kappa shape index (κ1) is 15.2. The molecule has 3 heterocycles. The molecule has 2 aromatic heterocycles. The minimum Gasteiger partial charge on any atom is -0.387 e. The molecular formula is C16H20N2O3S. The number of likely N-dealkylation sites (tertiary alicyclic amines) is 1. The Kier molecular flexibility index (Phi) is 4.59. The third kappa shape index (κ3) is 3.39. The van der Waals surface area contributed by atoms with Gasteiger partial charge in [0.05, 0.1) is 18.2 Å². The number of nitrogens with zero attached hydrogens (tertiary/aromatic N) is 2. The second kappa shape index (κ2) is 6.62. The maximum Gasteiger partial charge on any atom is 0.230 e. The van der Waals surface area contributed by atoms with E-state index < -0.39 is 6.10 Å². The Balaban J connectivity index is 1.52. The second-order valence-corrected chi connectivity index (χ2v) is 6.77. The highest BCUT2D eigenvalue weighted by Gasteiger charge is 2.29. The van der Waals surface area contributed by atoms with Crippen molar-refractivity contribution in [3.63, 3.8) is 0 Å². The van der Waals surface area contributed by atoms with Crippen molar-refractivity contribution < 1.29 is 14.4 Å². The smallest absolute Gasteiger partial charge is 0.230 e. The maximum atomic E-state index is 12.3. The van der Waals surface area contributed by atoms with Gasteiger partial charge in [-0.2, -0.15) is 0 Å². The Morgan fingerprint density at radius 1 is 1.55 bits per heavy atom. The van der Waals surface area contributed by atoms with E-state index in [1.165, 1.54) is 0 Å². The number of piperidine rings is 1. The SMILES string of the molecule is Cc1cc(CC(=O)N2CCC(C(O)c3cccs3)CC2)on1. The molecule has 1 unspecified atom stereocenters. The molecule has 118 valence electrons. The lowest BCUT2D eigenvalue weighted by Gasteiger charge is -2.33.